The van der Waals surface area contributed by atoms with E-state index in [4.69, 9.17) is 9.47 Å². The first-order chi connectivity index (χ1) is 16.0. The fourth-order valence-corrected chi connectivity index (χ4v) is 5.32. The lowest BCUT2D eigenvalue weighted by molar-refractivity contribution is -0.157. The van der Waals surface area contributed by atoms with Gasteiger partial charge in [0.2, 0.25) is 0 Å². The molecule has 0 bridgehead atoms. The number of benzene rings is 1. The molecule has 2 aliphatic carbocycles. The topological polar surface area (TPSA) is 59.1 Å². The monoisotopic (exact) mass is 470 g/mol. The van der Waals surface area contributed by atoms with E-state index in [0.29, 0.717) is 12.5 Å². The van der Waals surface area contributed by atoms with Crippen molar-refractivity contribution in [1.82, 2.24) is 9.80 Å². The first kappa shape index (κ1) is 25.0. The summed E-state index contributed by atoms with van der Waals surface area (Å²) in [4.78, 5) is 30.2. The van der Waals surface area contributed by atoms with Crippen LogP contribution in [0.15, 0.2) is 30.3 Å². The Morgan fingerprint density at radius 2 is 1.74 bits per heavy atom. The molecule has 3 aliphatic rings. The van der Waals surface area contributed by atoms with Gasteiger partial charge >= 0.3 is 12.1 Å². The van der Waals surface area contributed by atoms with E-state index in [9.17, 15) is 9.59 Å². The van der Waals surface area contributed by atoms with E-state index >= 15 is 0 Å². The molecule has 3 fully saturated rings. The number of hydrogen-bond acceptors (Lipinski definition) is 5. The van der Waals surface area contributed by atoms with Gasteiger partial charge in [-0.05, 0) is 85.4 Å². The lowest BCUT2D eigenvalue weighted by atomic mass is 9.80. The van der Waals surface area contributed by atoms with Crippen LogP contribution in [0.25, 0.3) is 0 Å². The lowest BCUT2D eigenvalue weighted by Crippen LogP contribution is -2.48. The average Bonchev–Trinajstić information content (AvgIpc) is 3.70. The van der Waals surface area contributed by atoms with Gasteiger partial charge in [-0.3, -0.25) is 4.79 Å². The molecule has 34 heavy (non-hydrogen) atoms. The Morgan fingerprint density at radius 1 is 1.09 bits per heavy atom. The summed E-state index contributed by atoms with van der Waals surface area (Å²) in [7, 11) is 0. The number of carbonyl (C=O) groups is 2. The summed E-state index contributed by atoms with van der Waals surface area (Å²) in [6.45, 7) is 13.7. The first-order valence-corrected chi connectivity index (χ1v) is 13.0. The minimum atomic E-state index is -0.506. The van der Waals surface area contributed by atoms with Crippen molar-refractivity contribution in [2.75, 3.05) is 32.8 Å². The third-order valence-electron chi connectivity index (χ3n) is 7.76. The number of piperidine rings is 1. The second-order valence-electron chi connectivity index (χ2n) is 12.0. The van der Waals surface area contributed by atoms with Gasteiger partial charge in [-0.25, -0.2) is 4.79 Å². The molecule has 1 heterocycles. The quantitative estimate of drug-likeness (QED) is 0.487. The molecule has 1 amide bonds. The Kier molecular flexibility index (Phi) is 7.01. The average molecular weight is 471 g/mol. The molecule has 1 unspecified atom stereocenters. The van der Waals surface area contributed by atoms with Gasteiger partial charge in [-0.15, -0.1) is 0 Å². The highest BCUT2D eigenvalue weighted by molar-refractivity contribution is 5.76. The van der Waals surface area contributed by atoms with E-state index in [0.717, 1.165) is 58.3 Å². The van der Waals surface area contributed by atoms with Crippen LogP contribution < -0.4 is 0 Å². The van der Waals surface area contributed by atoms with Crippen LogP contribution in [0.1, 0.15) is 78.2 Å². The highest BCUT2D eigenvalue weighted by Gasteiger charge is 2.53. The molecular weight excluding hydrogens is 428 g/mol. The molecule has 1 aliphatic heterocycles. The van der Waals surface area contributed by atoms with Gasteiger partial charge in [0.1, 0.15) is 5.60 Å². The predicted octanol–water partition coefficient (Wildman–Crippen LogP) is 5.23. The van der Waals surface area contributed by atoms with Crippen LogP contribution in [0.3, 0.4) is 0 Å². The van der Waals surface area contributed by atoms with Crippen molar-refractivity contribution in [3.05, 3.63) is 35.9 Å². The molecule has 1 saturated heterocycles. The summed E-state index contributed by atoms with van der Waals surface area (Å²) in [6.07, 6.45) is 4.76. The zero-order valence-electron chi connectivity index (χ0n) is 21.6. The fourth-order valence-electron chi connectivity index (χ4n) is 5.32. The van der Waals surface area contributed by atoms with Crippen LogP contribution in [0.4, 0.5) is 4.79 Å². The molecule has 1 aromatic rings. The molecule has 6 nitrogen and oxygen atoms in total. The second-order valence-corrected chi connectivity index (χ2v) is 12.0. The smallest absolute Gasteiger partial charge is 0.410 e. The lowest BCUT2D eigenvalue weighted by Gasteiger charge is -2.40. The molecule has 2 atom stereocenters. The summed E-state index contributed by atoms with van der Waals surface area (Å²) >= 11 is 0. The Morgan fingerprint density at radius 3 is 2.29 bits per heavy atom. The van der Waals surface area contributed by atoms with Crippen LogP contribution >= 0.6 is 0 Å². The summed E-state index contributed by atoms with van der Waals surface area (Å²) in [5.41, 5.74) is 0.564. The van der Waals surface area contributed by atoms with Crippen LogP contribution in [-0.2, 0) is 14.3 Å². The molecule has 1 aromatic carbocycles. The third kappa shape index (κ3) is 5.94. The molecule has 6 heteroatoms. The van der Waals surface area contributed by atoms with E-state index in [1.807, 2.05) is 45.6 Å². The number of esters is 1. The minimum Gasteiger partial charge on any atom is -0.466 e. The largest absolute Gasteiger partial charge is 0.466 e. The van der Waals surface area contributed by atoms with Gasteiger partial charge in [0.05, 0.1) is 12.0 Å². The Bertz CT molecular complexity index is 866. The summed E-state index contributed by atoms with van der Waals surface area (Å²) in [6, 6.07) is 10.7. The number of nitrogens with zero attached hydrogens (tertiary/aromatic N) is 2. The molecule has 0 N–H and O–H groups in total. The number of carbonyl (C=O) groups excluding carboxylic acids is 2. The predicted molar refractivity (Wildman–Crippen MR) is 133 cm³/mol. The molecule has 0 radical (unpaired) electrons. The van der Waals surface area contributed by atoms with Gasteiger partial charge in [0.25, 0.3) is 0 Å². The number of rotatable bonds is 8. The Balaban J connectivity index is 1.39. The van der Waals surface area contributed by atoms with Crippen molar-refractivity contribution in [3.8, 4) is 0 Å². The molecule has 188 valence electrons. The van der Waals surface area contributed by atoms with Gasteiger partial charge in [0, 0.05) is 30.5 Å². The maximum Gasteiger partial charge on any atom is 0.410 e. The molecule has 4 rings (SSSR count). The Labute approximate surface area is 205 Å². The number of hydrogen-bond donors (Lipinski definition) is 0. The van der Waals surface area contributed by atoms with E-state index in [1.54, 1.807) is 0 Å². The highest BCUT2D eigenvalue weighted by Crippen LogP contribution is 2.52. The maximum absolute atomic E-state index is 13.3. The van der Waals surface area contributed by atoms with E-state index in [2.05, 4.69) is 29.2 Å². The first-order valence-electron chi connectivity index (χ1n) is 13.0. The van der Waals surface area contributed by atoms with E-state index < -0.39 is 5.60 Å². The highest BCUT2D eigenvalue weighted by atomic mass is 16.6. The van der Waals surface area contributed by atoms with Crippen LogP contribution in [-0.4, -0.2) is 66.3 Å². The molecular formula is C28H42N2O4. The second kappa shape index (κ2) is 9.52. The molecule has 0 aromatic heterocycles. The number of ether oxygens (including phenoxy) is 2. The molecule has 0 spiro atoms. The standard InChI is InChI=1S/C28H42N2O4/c1-6-33-24(31)27(5)14-16-29(17-15-27)19-28(12-13-28)20-30(25(32)34-26(2,3)4)23-18-22(23)21-10-8-7-9-11-21/h7-11,22-23H,6,12-20H2,1-5H3/t22-,23?/m1/s1. The van der Waals surface area contributed by atoms with Crippen molar-refractivity contribution >= 4 is 12.1 Å². The Hall–Kier alpha value is -2.08. The van der Waals surface area contributed by atoms with Gasteiger partial charge in [-0.1, -0.05) is 30.3 Å². The van der Waals surface area contributed by atoms with Crippen molar-refractivity contribution < 1.29 is 19.1 Å². The van der Waals surface area contributed by atoms with Crippen molar-refractivity contribution in [3.63, 3.8) is 0 Å². The zero-order chi connectivity index (χ0) is 24.6. The van der Waals surface area contributed by atoms with Crippen LogP contribution in [0, 0.1) is 10.8 Å². The minimum absolute atomic E-state index is 0.0624. The summed E-state index contributed by atoms with van der Waals surface area (Å²) < 4.78 is 11.2. The van der Waals surface area contributed by atoms with Crippen LogP contribution in [0.2, 0.25) is 0 Å². The summed E-state index contributed by atoms with van der Waals surface area (Å²) in [5, 5.41) is 0. The number of likely N-dealkylation sites (tertiary alicyclic amines) is 1. The zero-order valence-corrected chi connectivity index (χ0v) is 21.6. The SMILES string of the molecule is CCOC(=O)C1(C)CCN(CC2(CN(C(=O)OC(C)(C)C)C3C[C@@H]3c3ccccc3)CC2)CC1. The number of amides is 1. The van der Waals surface area contributed by atoms with Crippen molar-refractivity contribution in [2.45, 2.75) is 84.3 Å². The molecule has 2 saturated carbocycles. The summed E-state index contributed by atoms with van der Waals surface area (Å²) in [5.74, 6) is 0.331. The van der Waals surface area contributed by atoms with Crippen LogP contribution in [0.5, 0.6) is 0 Å². The van der Waals surface area contributed by atoms with Crippen molar-refractivity contribution in [1.29, 1.82) is 0 Å². The van der Waals surface area contributed by atoms with Gasteiger partial charge in [-0.2, -0.15) is 0 Å². The van der Waals surface area contributed by atoms with E-state index in [-0.39, 0.29) is 28.9 Å². The van der Waals surface area contributed by atoms with E-state index in [1.165, 1.54) is 5.56 Å². The normalized spacial score (nSPS) is 25.3. The van der Waals surface area contributed by atoms with Gasteiger partial charge < -0.3 is 19.3 Å². The van der Waals surface area contributed by atoms with Gasteiger partial charge in [0.15, 0.2) is 0 Å². The fraction of sp³-hybridized carbons (Fsp3) is 0.714. The van der Waals surface area contributed by atoms with Crippen molar-refractivity contribution in [2.24, 2.45) is 10.8 Å². The third-order valence-corrected chi connectivity index (χ3v) is 7.76. The maximum atomic E-state index is 13.3.